The van der Waals surface area contributed by atoms with E-state index in [2.05, 4.69) is 5.73 Å². The highest BCUT2D eigenvalue weighted by molar-refractivity contribution is 6.22. The Bertz CT molecular complexity index is 154. The van der Waals surface area contributed by atoms with Crippen LogP contribution in [-0.4, -0.2) is 37.4 Å². The zero-order chi connectivity index (χ0) is 9.98. The smallest absolute Gasteiger partial charge is 0.511 e. The van der Waals surface area contributed by atoms with Crippen molar-refractivity contribution in [3.8, 4) is 6.19 Å². The van der Waals surface area contributed by atoms with Crippen molar-refractivity contribution in [2.45, 2.75) is 6.10 Å². The lowest BCUT2D eigenvalue weighted by molar-refractivity contribution is 0.330. The molecule has 12 heavy (non-hydrogen) atoms. The predicted octanol–water partition coefficient (Wildman–Crippen LogP) is -1.56. The first kappa shape index (κ1) is 13.7. The summed E-state index contributed by atoms with van der Waals surface area (Å²) in [5.74, 6) is 0.667. The van der Waals surface area contributed by atoms with E-state index in [-0.39, 0.29) is 0 Å². The number of nitrogens with zero attached hydrogens (tertiary/aromatic N) is 1. The number of alkyl halides is 1. The average Bonchev–Trinajstić information content (AvgIpc) is 2.68. The fourth-order valence-corrected chi connectivity index (χ4v) is 0.335. The van der Waals surface area contributed by atoms with Crippen LogP contribution in [-0.2, 0) is 9.20 Å². The third-order valence-electron chi connectivity index (χ3n) is 0.574. The minimum Gasteiger partial charge on any atom is -0.511 e. The zero-order valence-corrected chi connectivity index (χ0v) is 7.86. The van der Waals surface area contributed by atoms with E-state index in [1.165, 1.54) is 6.19 Å². The molecule has 1 rings (SSSR count). The summed E-state index contributed by atoms with van der Waals surface area (Å²) in [4.78, 5) is 14.3. The Labute approximate surface area is 76.0 Å². The quantitative estimate of drug-likeness (QED) is 0.159. The van der Waals surface area contributed by atoms with Crippen LogP contribution in [0.15, 0.2) is 0 Å². The van der Waals surface area contributed by atoms with Gasteiger partial charge in [-0.05, 0) is 0 Å². The lowest BCUT2D eigenvalue weighted by atomic mass is 10.6. The number of halogens is 1. The molecule has 0 aromatic carbocycles. The Morgan fingerprint density at radius 2 is 2.08 bits per heavy atom. The molecule has 1 aliphatic rings. The van der Waals surface area contributed by atoms with Gasteiger partial charge in [-0.15, -0.1) is 11.6 Å². The van der Waals surface area contributed by atoms with Crippen LogP contribution < -0.4 is 5.73 Å². The van der Waals surface area contributed by atoms with Crippen LogP contribution >= 0.6 is 11.6 Å². The fraction of sp³-hybridized carbons (Fsp3) is 0.750. The molecule has 1 atom stereocenters. The molecule has 0 radical (unpaired) electrons. The molecule has 0 saturated carbocycles. The standard InChI is InChI=1S/C3H5ClO.CH2N2.H2O3Si/c4-1-3-2-5-3;2-1-3;1-4(2)3/h3H,1-2H2;2H2;1-2H. The van der Waals surface area contributed by atoms with Gasteiger partial charge >= 0.3 is 9.17 Å². The number of hydrogen-bond donors (Lipinski definition) is 3. The van der Waals surface area contributed by atoms with Crippen LogP contribution in [0.5, 0.6) is 0 Å². The van der Waals surface area contributed by atoms with Gasteiger partial charge in [0.1, 0.15) is 0 Å². The Morgan fingerprint density at radius 1 is 1.83 bits per heavy atom. The highest BCUT2D eigenvalue weighted by Gasteiger charge is 2.19. The van der Waals surface area contributed by atoms with Gasteiger partial charge in [0.2, 0.25) is 0 Å². The topological polar surface area (TPSA) is 120 Å². The molecule has 8 heteroatoms. The maximum atomic E-state index is 8.74. The molecule has 6 nitrogen and oxygen atoms in total. The van der Waals surface area contributed by atoms with E-state index in [4.69, 9.17) is 35.7 Å². The second-order valence-electron chi connectivity index (χ2n) is 1.52. The monoisotopic (exact) mass is 212 g/mol. The van der Waals surface area contributed by atoms with Crippen molar-refractivity contribution >= 4 is 20.8 Å². The van der Waals surface area contributed by atoms with Crippen LogP contribution in [0.3, 0.4) is 0 Å². The van der Waals surface area contributed by atoms with E-state index >= 15 is 0 Å². The van der Waals surface area contributed by atoms with E-state index in [1.807, 2.05) is 0 Å². The molecular weight excluding hydrogens is 204 g/mol. The average molecular weight is 213 g/mol. The first-order valence-electron chi connectivity index (χ1n) is 2.77. The van der Waals surface area contributed by atoms with Crippen LogP contribution in [0.4, 0.5) is 0 Å². The Morgan fingerprint density at radius 3 is 2.08 bits per heavy atom. The molecule has 0 aromatic rings. The van der Waals surface area contributed by atoms with Crippen molar-refractivity contribution in [3.63, 3.8) is 0 Å². The molecule has 0 aliphatic carbocycles. The summed E-state index contributed by atoms with van der Waals surface area (Å²) in [7, 11) is -3.13. The van der Waals surface area contributed by atoms with Crippen molar-refractivity contribution in [1.82, 2.24) is 0 Å². The second-order valence-corrected chi connectivity index (χ2v) is 2.40. The Hall–Kier alpha value is -0.843. The van der Waals surface area contributed by atoms with Crippen LogP contribution in [0.1, 0.15) is 0 Å². The van der Waals surface area contributed by atoms with Gasteiger partial charge in [-0.25, -0.2) is 0 Å². The Kier molecular flexibility index (Phi) is 11.6. The van der Waals surface area contributed by atoms with Crippen molar-refractivity contribution < 1.29 is 18.8 Å². The molecule has 1 heterocycles. The molecule has 1 fully saturated rings. The number of epoxide rings is 1. The third kappa shape index (κ3) is 35.3. The van der Waals surface area contributed by atoms with Crippen molar-refractivity contribution in [2.24, 2.45) is 5.73 Å². The van der Waals surface area contributed by atoms with Crippen LogP contribution in [0, 0.1) is 11.5 Å². The molecule has 4 N–H and O–H groups in total. The lowest BCUT2D eigenvalue weighted by Gasteiger charge is -1.67. The SMILES string of the molecule is ClCC1CO1.N#CN.O=[Si](O)O. The van der Waals surface area contributed by atoms with Gasteiger partial charge < -0.3 is 20.1 Å². The van der Waals surface area contributed by atoms with Gasteiger partial charge in [-0.3, -0.25) is 4.46 Å². The van der Waals surface area contributed by atoms with E-state index < -0.39 is 9.17 Å². The molecule has 0 spiro atoms. The van der Waals surface area contributed by atoms with E-state index in [9.17, 15) is 0 Å². The summed E-state index contributed by atoms with van der Waals surface area (Å²) in [6.07, 6.45) is 1.65. The summed E-state index contributed by atoms with van der Waals surface area (Å²) in [5.41, 5.74) is 4.15. The second kappa shape index (κ2) is 10.2. The van der Waals surface area contributed by atoms with Crippen molar-refractivity contribution in [1.29, 1.82) is 5.26 Å². The first-order valence-corrected chi connectivity index (χ1v) is 4.61. The number of nitrogens with two attached hydrogens (primary N) is 1. The normalized spacial score (nSPS) is 16.8. The van der Waals surface area contributed by atoms with E-state index in [0.717, 1.165) is 6.61 Å². The number of rotatable bonds is 1. The molecule has 1 saturated heterocycles. The molecule has 70 valence electrons. The van der Waals surface area contributed by atoms with E-state index in [1.54, 1.807) is 0 Å². The number of hydrogen-bond acceptors (Lipinski definition) is 4. The lowest BCUT2D eigenvalue weighted by Crippen LogP contribution is -1.90. The number of nitriles is 1. The van der Waals surface area contributed by atoms with Gasteiger partial charge in [-0.1, -0.05) is 0 Å². The molecule has 0 amide bonds. The summed E-state index contributed by atoms with van der Waals surface area (Å²) in [5, 5.41) is 7.10. The van der Waals surface area contributed by atoms with Crippen LogP contribution in [0.25, 0.3) is 0 Å². The van der Waals surface area contributed by atoms with Gasteiger partial charge in [0.15, 0.2) is 6.19 Å². The third-order valence-corrected chi connectivity index (χ3v) is 0.919. The molecule has 1 unspecified atom stereocenters. The van der Waals surface area contributed by atoms with Crippen molar-refractivity contribution in [3.05, 3.63) is 0 Å². The maximum Gasteiger partial charge on any atom is 0.761 e. The Balaban J connectivity index is 0. The highest BCUT2D eigenvalue weighted by atomic mass is 35.5. The van der Waals surface area contributed by atoms with Gasteiger partial charge in [0.05, 0.1) is 18.6 Å². The van der Waals surface area contributed by atoms with E-state index in [0.29, 0.717) is 12.0 Å². The minimum absolute atomic E-state index is 0.400. The van der Waals surface area contributed by atoms with Gasteiger partial charge in [-0.2, -0.15) is 5.26 Å². The molecule has 0 aromatic heterocycles. The summed E-state index contributed by atoms with van der Waals surface area (Å²) >= 11 is 5.27. The summed E-state index contributed by atoms with van der Waals surface area (Å²) < 4.78 is 13.5. The summed E-state index contributed by atoms with van der Waals surface area (Å²) in [6, 6.07) is 0. The summed E-state index contributed by atoms with van der Waals surface area (Å²) in [6.45, 7) is 0.878. The minimum atomic E-state index is -3.13. The van der Waals surface area contributed by atoms with Crippen molar-refractivity contribution in [2.75, 3.05) is 12.5 Å². The van der Waals surface area contributed by atoms with Gasteiger partial charge in [0.25, 0.3) is 0 Å². The fourth-order valence-electron chi connectivity index (χ4n) is 0.157. The molecular formula is C4H9ClN2O4Si. The van der Waals surface area contributed by atoms with Crippen LogP contribution in [0.2, 0.25) is 0 Å². The highest BCUT2D eigenvalue weighted by Crippen LogP contribution is 2.08. The predicted molar refractivity (Wildman–Crippen MR) is 41.1 cm³/mol. The van der Waals surface area contributed by atoms with Gasteiger partial charge in [0, 0.05) is 0 Å². The molecule has 1 aliphatic heterocycles. The molecule has 0 bridgehead atoms. The first-order chi connectivity index (χ1) is 5.58. The zero-order valence-electron chi connectivity index (χ0n) is 6.11. The largest absolute Gasteiger partial charge is 0.761 e. The number of ether oxygens (including phenoxy) is 1. The maximum absolute atomic E-state index is 8.74.